The average molecular weight is 335 g/mol. The fourth-order valence-corrected chi connectivity index (χ4v) is 2.33. The standard InChI is InChI=1S/C17H25N3O4/c1-12(20-17(22)19-8-3-7-18-13(2)21)14-5-6-15-16(11-14)24-10-4-9-23-15/h5-6,11-12H,3-4,7-10H2,1-2H3,(H,18,21)(H2,19,20,22)/t12-/m1/s1. The van der Waals surface area contributed by atoms with Gasteiger partial charge in [0.2, 0.25) is 5.91 Å². The first-order valence-electron chi connectivity index (χ1n) is 8.24. The van der Waals surface area contributed by atoms with Crippen molar-refractivity contribution >= 4 is 11.9 Å². The maximum Gasteiger partial charge on any atom is 0.315 e. The van der Waals surface area contributed by atoms with Crippen LogP contribution in [-0.4, -0.2) is 38.2 Å². The summed E-state index contributed by atoms with van der Waals surface area (Å²) in [4.78, 5) is 22.6. The monoisotopic (exact) mass is 335 g/mol. The van der Waals surface area contributed by atoms with Gasteiger partial charge in [-0.3, -0.25) is 4.79 Å². The van der Waals surface area contributed by atoms with Crippen LogP contribution in [0.5, 0.6) is 11.5 Å². The molecule has 132 valence electrons. The molecule has 3 amide bonds. The molecule has 1 aromatic carbocycles. The van der Waals surface area contributed by atoms with Gasteiger partial charge < -0.3 is 25.4 Å². The second-order valence-electron chi connectivity index (χ2n) is 5.72. The Hall–Kier alpha value is -2.44. The highest BCUT2D eigenvalue weighted by Gasteiger charge is 2.14. The van der Waals surface area contributed by atoms with E-state index in [9.17, 15) is 9.59 Å². The Balaban J connectivity index is 1.79. The summed E-state index contributed by atoms with van der Waals surface area (Å²) in [7, 11) is 0. The van der Waals surface area contributed by atoms with Crippen molar-refractivity contribution in [2.45, 2.75) is 32.7 Å². The first kappa shape index (κ1) is 17.9. The van der Waals surface area contributed by atoms with E-state index < -0.39 is 0 Å². The lowest BCUT2D eigenvalue weighted by Crippen LogP contribution is -2.38. The van der Waals surface area contributed by atoms with Gasteiger partial charge in [0.1, 0.15) is 0 Å². The second kappa shape index (κ2) is 9.00. The topological polar surface area (TPSA) is 88.7 Å². The Kier molecular flexibility index (Phi) is 6.72. The molecule has 0 spiro atoms. The fourth-order valence-electron chi connectivity index (χ4n) is 2.33. The van der Waals surface area contributed by atoms with Crippen molar-refractivity contribution in [1.29, 1.82) is 0 Å². The third-order valence-corrected chi connectivity index (χ3v) is 3.63. The highest BCUT2D eigenvalue weighted by Crippen LogP contribution is 2.32. The molecule has 1 aliphatic rings. The summed E-state index contributed by atoms with van der Waals surface area (Å²) in [6, 6.07) is 5.31. The van der Waals surface area contributed by atoms with Crippen LogP contribution in [0.15, 0.2) is 18.2 Å². The molecular weight excluding hydrogens is 310 g/mol. The predicted octanol–water partition coefficient (Wildman–Crippen LogP) is 1.73. The van der Waals surface area contributed by atoms with Crippen LogP contribution in [-0.2, 0) is 4.79 Å². The maximum absolute atomic E-state index is 11.9. The number of amides is 3. The van der Waals surface area contributed by atoms with E-state index in [1.54, 1.807) is 0 Å². The zero-order valence-electron chi connectivity index (χ0n) is 14.2. The number of urea groups is 1. The minimum atomic E-state index is -0.238. The summed E-state index contributed by atoms with van der Waals surface area (Å²) in [6.07, 6.45) is 1.55. The number of rotatable bonds is 6. The Bertz CT molecular complexity index is 577. The van der Waals surface area contributed by atoms with E-state index in [1.165, 1.54) is 6.92 Å². The molecular formula is C17H25N3O4. The van der Waals surface area contributed by atoms with Crippen LogP contribution in [0, 0.1) is 0 Å². The maximum atomic E-state index is 11.9. The van der Waals surface area contributed by atoms with Crippen molar-refractivity contribution in [3.8, 4) is 11.5 Å². The van der Waals surface area contributed by atoms with Crippen LogP contribution >= 0.6 is 0 Å². The summed E-state index contributed by atoms with van der Waals surface area (Å²) in [5, 5.41) is 8.34. The number of fused-ring (bicyclic) bond motifs is 1. The summed E-state index contributed by atoms with van der Waals surface area (Å²) in [5.74, 6) is 1.39. The third-order valence-electron chi connectivity index (χ3n) is 3.63. The molecule has 0 unspecified atom stereocenters. The van der Waals surface area contributed by atoms with Crippen molar-refractivity contribution in [1.82, 2.24) is 16.0 Å². The Labute approximate surface area is 142 Å². The number of carbonyl (C=O) groups is 2. The molecule has 24 heavy (non-hydrogen) atoms. The molecule has 7 nitrogen and oxygen atoms in total. The zero-order chi connectivity index (χ0) is 17.4. The van der Waals surface area contributed by atoms with E-state index in [0.29, 0.717) is 32.7 Å². The molecule has 0 radical (unpaired) electrons. The molecule has 0 saturated carbocycles. The summed E-state index contributed by atoms with van der Waals surface area (Å²) < 4.78 is 11.3. The minimum absolute atomic E-state index is 0.0671. The van der Waals surface area contributed by atoms with Gasteiger partial charge in [0, 0.05) is 26.4 Å². The van der Waals surface area contributed by atoms with Crippen LogP contribution in [0.3, 0.4) is 0 Å². The van der Waals surface area contributed by atoms with Gasteiger partial charge in [0.25, 0.3) is 0 Å². The van der Waals surface area contributed by atoms with E-state index in [4.69, 9.17) is 9.47 Å². The molecule has 1 aliphatic heterocycles. The number of hydrogen-bond donors (Lipinski definition) is 3. The van der Waals surface area contributed by atoms with Crippen LogP contribution < -0.4 is 25.4 Å². The SMILES string of the molecule is CC(=O)NCCCNC(=O)N[C@H](C)c1ccc2c(c1)OCCCO2. The van der Waals surface area contributed by atoms with Crippen LogP contribution in [0.1, 0.15) is 38.3 Å². The summed E-state index contributed by atoms with van der Waals surface area (Å²) in [6.45, 7) is 5.72. The molecule has 3 N–H and O–H groups in total. The van der Waals surface area contributed by atoms with Crippen LogP contribution in [0.4, 0.5) is 4.79 Å². The van der Waals surface area contributed by atoms with Gasteiger partial charge in [-0.15, -0.1) is 0 Å². The predicted molar refractivity (Wildman–Crippen MR) is 90.3 cm³/mol. The normalized spacial score (nSPS) is 14.2. The molecule has 1 heterocycles. The zero-order valence-corrected chi connectivity index (χ0v) is 14.2. The Morgan fingerprint density at radius 3 is 2.58 bits per heavy atom. The molecule has 0 aliphatic carbocycles. The largest absolute Gasteiger partial charge is 0.490 e. The van der Waals surface area contributed by atoms with E-state index in [1.807, 2.05) is 25.1 Å². The van der Waals surface area contributed by atoms with E-state index in [-0.39, 0.29) is 18.0 Å². The van der Waals surface area contributed by atoms with E-state index in [0.717, 1.165) is 23.5 Å². The smallest absolute Gasteiger partial charge is 0.315 e. The lowest BCUT2D eigenvalue weighted by atomic mass is 10.1. The summed E-state index contributed by atoms with van der Waals surface area (Å²) >= 11 is 0. The van der Waals surface area contributed by atoms with E-state index >= 15 is 0 Å². The van der Waals surface area contributed by atoms with Gasteiger partial charge in [-0.2, -0.15) is 0 Å². The van der Waals surface area contributed by atoms with E-state index in [2.05, 4.69) is 16.0 Å². The third kappa shape index (κ3) is 5.64. The van der Waals surface area contributed by atoms with Crippen molar-refractivity contribution in [3.05, 3.63) is 23.8 Å². The van der Waals surface area contributed by atoms with Crippen LogP contribution in [0.25, 0.3) is 0 Å². The molecule has 1 atom stereocenters. The molecule has 0 saturated heterocycles. The Morgan fingerprint density at radius 2 is 1.83 bits per heavy atom. The molecule has 0 aromatic heterocycles. The molecule has 1 aromatic rings. The molecule has 0 fully saturated rings. The second-order valence-corrected chi connectivity index (χ2v) is 5.72. The number of ether oxygens (including phenoxy) is 2. The van der Waals surface area contributed by atoms with Crippen LogP contribution in [0.2, 0.25) is 0 Å². The molecule has 2 rings (SSSR count). The lowest BCUT2D eigenvalue weighted by Gasteiger charge is -2.17. The van der Waals surface area contributed by atoms with Gasteiger partial charge in [-0.05, 0) is 31.0 Å². The first-order valence-corrected chi connectivity index (χ1v) is 8.24. The first-order chi connectivity index (χ1) is 11.6. The summed E-state index contributed by atoms with van der Waals surface area (Å²) in [5.41, 5.74) is 0.952. The number of hydrogen-bond acceptors (Lipinski definition) is 4. The molecule has 7 heteroatoms. The number of nitrogens with one attached hydrogen (secondary N) is 3. The van der Waals surface area contributed by atoms with Gasteiger partial charge in [-0.25, -0.2) is 4.79 Å². The fraction of sp³-hybridized carbons (Fsp3) is 0.529. The highest BCUT2D eigenvalue weighted by atomic mass is 16.5. The minimum Gasteiger partial charge on any atom is -0.490 e. The number of benzene rings is 1. The average Bonchev–Trinajstić information content (AvgIpc) is 2.78. The highest BCUT2D eigenvalue weighted by molar-refractivity contribution is 5.74. The molecule has 0 bridgehead atoms. The number of carbonyl (C=O) groups excluding carboxylic acids is 2. The van der Waals surface area contributed by atoms with Crippen molar-refractivity contribution in [2.75, 3.05) is 26.3 Å². The van der Waals surface area contributed by atoms with Crippen molar-refractivity contribution in [2.24, 2.45) is 0 Å². The van der Waals surface area contributed by atoms with Gasteiger partial charge in [0.15, 0.2) is 11.5 Å². The van der Waals surface area contributed by atoms with Gasteiger partial charge in [-0.1, -0.05) is 6.07 Å². The van der Waals surface area contributed by atoms with Gasteiger partial charge >= 0.3 is 6.03 Å². The van der Waals surface area contributed by atoms with Gasteiger partial charge in [0.05, 0.1) is 19.3 Å². The van der Waals surface area contributed by atoms with Crippen molar-refractivity contribution in [3.63, 3.8) is 0 Å². The van der Waals surface area contributed by atoms with Crippen molar-refractivity contribution < 1.29 is 19.1 Å². The lowest BCUT2D eigenvalue weighted by molar-refractivity contribution is -0.118. The Morgan fingerprint density at radius 1 is 1.12 bits per heavy atom. The quantitative estimate of drug-likeness (QED) is 0.691.